The molecule has 0 saturated heterocycles. The molecule has 1 N–H and O–H groups in total. The fraction of sp³-hybridized carbons (Fsp3) is 0.185. The van der Waals surface area contributed by atoms with E-state index in [2.05, 4.69) is 26.3 Å². The monoisotopic (exact) mass is 510 g/mol. The Hall–Kier alpha value is -4.62. The number of amides is 2. The molecule has 1 aromatic carbocycles. The first kappa shape index (κ1) is 24.1. The van der Waals surface area contributed by atoms with Crippen molar-refractivity contribution in [2.45, 2.75) is 26.9 Å². The van der Waals surface area contributed by atoms with Crippen molar-refractivity contribution in [1.82, 2.24) is 19.9 Å². The maximum Gasteiger partial charge on any atom is 0.273 e. The average molecular weight is 511 g/mol. The third-order valence-electron chi connectivity index (χ3n) is 6.00. The van der Waals surface area contributed by atoms with Crippen molar-refractivity contribution in [2.24, 2.45) is 0 Å². The summed E-state index contributed by atoms with van der Waals surface area (Å²) in [5.74, 6) is 0.00975. The number of anilines is 1. The molecule has 37 heavy (non-hydrogen) atoms. The van der Waals surface area contributed by atoms with Gasteiger partial charge >= 0.3 is 0 Å². The smallest absolute Gasteiger partial charge is 0.273 e. The molecule has 1 aliphatic rings. The molecule has 1 aliphatic heterocycles. The van der Waals surface area contributed by atoms with Crippen molar-refractivity contribution >= 4 is 28.3 Å². The summed E-state index contributed by atoms with van der Waals surface area (Å²) < 4.78 is 5.49. The molecule has 0 fully saturated rings. The van der Waals surface area contributed by atoms with Crippen LogP contribution in [0.5, 0.6) is 5.75 Å². The van der Waals surface area contributed by atoms with E-state index in [0.29, 0.717) is 51.9 Å². The number of pyridine rings is 2. The quantitative estimate of drug-likeness (QED) is 0.419. The van der Waals surface area contributed by atoms with Gasteiger partial charge in [0.05, 0.1) is 48.0 Å². The van der Waals surface area contributed by atoms with E-state index >= 15 is 0 Å². The molecule has 0 unspecified atom stereocenters. The number of hydrogen-bond acceptors (Lipinski definition) is 8. The van der Waals surface area contributed by atoms with Crippen LogP contribution in [-0.4, -0.2) is 38.8 Å². The van der Waals surface area contributed by atoms with E-state index in [1.54, 1.807) is 48.5 Å². The van der Waals surface area contributed by atoms with Gasteiger partial charge in [0, 0.05) is 29.2 Å². The van der Waals surface area contributed by atoms with E-state index in [1.165, 1.54) is 17.5 Å². The van der Waals surface area contributed by atoms with E-state index < -0.39 is 0 Å². The minimum absolute atomic E-state index is 0.153. The van der Waals surface area contributed by atoms with Crippen LogP contribution in [0.15, 0.2) is 48.8 Å². The van der Waals surface area contributed by atoms with Crippen molar-refractivity contribution < 1.29 is 14.3 Å². The van der Waals surface area contributed by atoms with Gasteiger partial charge in [-0.2, -0.15) is 5.26 Å². The Bertz CT molecular complexity index is 1550. The van der Waals surface area contributed by atoms with Crippen LogP contribution in [0, 0.1) is 25.2 Å². The van der Waals surface area contributed by atoms with Crippen LogP contribution in [0.4, 0.5) is 5.13 Å². The highest BCUT2D eigenvalue weighted by atomic mass is 32.1. The Morgan fingerprint density at radius 2 is 1.92 bits per heavy atom. The molecule has 10 heteroatoms. The number of rotatable bonds is 5. The second kappa shape index (κ2) is 9.79. The average Bonchev–Trinajstić information content (AvgIpc) is 3.47. The van der Waals surface area contributed by atoms with Crippen molar-refractivity contribution in [3.05, 3.63) is 87.4 Å². The van der Waals surface area contributed by atoms with Gasteiger partial charge in [-0.3, -0.25) is 24.9 Å². The van der Waals surface area contributed by atoms with E-state index in [-0.39, 0.29) is 11.8 Å². The third-order valence-corrected chi connectivity index (χ3v) is 6.99. The lowest BCUT2D eigenvalue weighted by atomic mass is 9.97. The number of nitriles is 1. The minimum Gasteiger partial charge on any atom is -0.496 e. The molecular weight excluding hydrogens is 488 g/mol. The Morgan fingerprint density at radius 3 is 2.62 bits per heavy atom. The maximum atomic E-state index is 13.3. The largest absolute Gasteiger partial charge is 0.496 e. The number of hydrogen-bond donors (Lipinski definition) is 1. The molecular formula is C27H22N6O3S. The van der Waals surface area contributed by atoms with Gasteiger partial charge in [0.2, 0.25) is 0 Å². The summed E-state index contributed by atoms with van der Waals surface area (Å²) in [6.07, 6.45) is 3.18. The van der Waals surface area contributed by atoms with Gasteiger partial charge in [-0.15, -0.1) is 0 Å². The van der Waals surface area contributed by atoms with Crippen LogP contribution < -0.4 is 10.1 Å². The Labute approximate surface area is 217 Å². The van der Waals surface area contributed by atoms with Gasteiger partial charge in [0.1, 0.15) is 11.4 Å². The summed E-state index contributed by atoms with van der Waals surface area (Å²) in [4.78, 5) is 41.8. The van der Waals surface area contributed by atoms with Gasteiger partial charge in [-0.05, 0) is 49.7 Å². The van der Waals surface area contributed by atoms with Crippen LogP contribution in [0.1, 0.15) is 48.2 Å². The number of nitrogens with zero attached hydrogens (tertiary/aromatic N) is 5. The van der Waals surface area contributed by atoms with Gasteiger partial charge in [0.25, 0.3) is 11.8 Å². The normalized spacial score (nSPS) is 12.1. The van der Waals surface area contributed by atoms with Gasteiger partial charge in [0.15, 0.2) is 5.13 Å². The maximum absolute atomic E-state index is 13.3. The first-order valence-corrected chi connectivity index (χ1v) is 12.2. The molecule has 0 aliphatic carbocycles. The molecule has 0 bridgehead atoms. The number of aryl methyl sites for hydroxylation is 2. The Kier molecular flexibility index (Phi) is 6.38. The van der Waals surface area contributed by atoms with Crippen LogP contribution in [0.2, 0.25) is 0 Å². The molecule has 184 valence electrons. The Morgan fingerprint density at radius 1 is 1.08 bits per heavy atom. The summed E-state index contributed by atoms with van der Waals surface area (Å²) in [6.45, 7) is 4.51. The van der Waals surface area contributed by atoms with Crippen LogP contribution in [0.3, 0.4) is 0 Å². The SMILES string of the molecule is COc1ccc(C#N)cc1-c1cc(C)ncc1C(=O)Nc1nc2c(s1)CN(C(=O)c1ccc(C)cn1)C2. The second-order valence-corrected chi connectivity index (χ2v) is 9.71. The van der Waals surface area contributed by atoms with Crippen LogP contribution >= 0.6 is 11.3 Å². The van der Waals surface area contributed by atoms with Crippen LogP contribution in [0.25, 0.3) is 11.1 Å². The fourth-order valence-electron chi connectivity index (χ4n) is 4.11. The van der Waals surface area contributed by atoms with Crippen molar-refractivity contribution in [3.8, 4) is 22.9 Å². The highest BCUT2D eigenvalue weighted by Gasteiger charge is 2.29. The van der Waals surface area contributed by atoms with Gasteiger partial charge < -0.3 is 9.64 Å². The van der Waals surface area contributed by atoms with E-state index in [0.717, 1.165) is 21.8 Å². The summed E-state index contributed by atoms with van der Waals surface area (Å²) in [5, 5.41) is 12.7. The number of carbonyl (C=O) groups is 2. The van der Waals surface area contributed by atoms with E-state index in [4.69, 9.17) is 4.74 Å². The molecule has 2 amide bonds. The van der Waals surface area contributed by atoms with Crippen molar-refractivity contribution in [3.63, 3.8) is 0 Å². The number of benzene rings is 1. The molecule has 4 heterocycles. The number of thiazole rings is 1. The molecule has 0 spiro atoms. The molecule has 3 aromatic heterocycles. The van der Waals surface area contributed by atoms with Gasteiger partial charge in [-0.1, -0.05) is 17.4 Å². The second-order valence-electron chi connectivity index (χ2n) is 8.62. The predicted molar refractivity (Wildman–Crippen MR) is 138 cm³/mol. The molecule has 0 saturated carbocycles. The van der Waals surface area contributed by atoms with Gasteiger partial charge in [-0.25, -0.2) is 4.98 Å². The Balaban J connectivity index is 1.37. The topological polar surface area (TPSA) is 121 Å². The lowest BCUT2D eigenvalue weighted by molar-refractivity contribution is 0.0744. The number of aromatic nitrogens is 3. The number of fused-ring (bicyclic) bond motifs is 1. The fourth-order valence-corrected chi connectivity index (χ4v) is 5.09. The van der Waals surface area contributed by atoms with Crippen molar-refractivity contribution in [1.29, 1.82) is 5.26 Å². The number of nitrogens with one attached hydrogen (secondary N) is 1. The lowest BCUT2D eigenvalue weighted by Gasteiger charge is -2.15. The summed E-state index contributed by atoms with van der Waals surface area (Å²) in [7, 11) is 1.54. The van der Waals surface area contributed by atoms with Crippen molar-refractivity contribution in [2.75, 3.05) is 12.4 Å². The standard InChI is InChI=1S/C27H22N6O3S/c1-15-4-6-21(30-11-15)26(35)33-13-22-24(14-33)37-27(31-22)32-25(34)20-12-29-16(2)8-18(20)19-9-17(10-28)5-7-23(19)36-3/h4-9,11-12H,13-14H2,1-3H3,(H,31,32,34). The summed E-state index contributed by atoms with van der Waals surface area (Å²) >= 11 is 1.34. The molecule has 0 radical (unpaired) electrons. The first-order valence-electron chi connectivity index (χ1n) is 11.4. The lowest BCUT2D eigenvalue weighted by Crippen LogP contribution is -2.26. The molecule has 5 rings (SSSR count). The molecule has 0 atom stereocenters. The zero-order valence-corrected chi connectivity index (χ0v) is 21.2. The molecule has 4 aromatic rings. The zero-order valence-electron chi connectivity index (χ0n) is 20.4. The number of methoxy groups -OCH3 is 1. The van der Waals surface area contributed by atoms with Crippen LogP contribution in [-0.2, 0) is 13.1 Å². The number of ether oxygens (including phenoxy) is 1. The summed E-state index contributed by atoms with van der Waals surface area (Å²) in [5.41, 5.74) is 4.86. The third kappa shape index (κ3) is 4.77. The van der Waals surface area contributed by atoms with E-state index in [9.17, 15) is 14.9 Å². The minimum atomic E-state index is -0.379. The highest BCUT2D eigenvalue weighted by molar-refractivity contribution is 7.16. The molecule has 9 nitrogen and oxygen atoms in total. The van der Waals surface area contributed by atoms with E-state index in [1.807, 2.05) is 19.9 Å². The zero-order chi connectivity index (χ0) is 26.1. The predicted octanol–water partition coefficient (Wildman–Crippen LogP) is 4.51. The first-order chi connectivity index (χ1) is 17.9. The highest BCUT2D eigenvalue weighted by Crippen LogP contribution is 2.35. The number of carbonyl (C=O) groups excluding carboxylic acids is 2. The summed E-state index contributed by atoms with van der Waals surface area (Å²) in [6, 6.07) is 12.6.